The summed E-state index contributed by atoms with van der Waals surface area (Å²) in [4.78, 5) is 20.1. The van der Waals surface area contributed by atoms with E-state index >= 15 is 0 Å². The summed E-state index contributed by atoms with van der Waals surface area (Å²) >= 11 is 6.00. The molecular formula is C11H15ClN4O. The number of amides is 1. The van der Waals surface area contributed by atoms with E-state index in [9.17, 15) is 4.79 Å². The van der Waals surface area contributed by atoms with E-state index in [1.807, 2.05) is 13.8 Å². The molecule has 1 atom stereocenters. The van der Waals surface area contributed by atoms with E-state index < -0.39 is 0 Å². The lowest BCUT2D eigenvalue weighted by atomic mass is 10.1. The van der Waals surface area contributed by atoms with Crippen LogP contribution in [-0.4, -0.2) is 28.5 Å². The molecule has 1 aliphatic rings. The van der Waals surface area contributed by atoms with Gasteiger partial charge >= 0.3 is 0 Å². The zero-order valence-corrected chi connectivity index (χ0v) is 10.6. The smallest absolute Gasteiger partial charge is 0.242 e. The van der Waals surface area contributed by atoms with Gasteiger partial charge in [-0.2, -0.15) is 0 Å². The second-order valence-corrected chi connectivity index (χ2v) is 4.52. The molecule has 0 aliphatic carbocycles. The number of nitrogens with zero attached hydrogens (tertiary/aromatic N) is 2. The molecule has 1 aromatic rings. The number of carbonyl (C=O) groups excluding carboxylic acids is 1. The topological polar surface area (TPSA) is 66.9 Å². The Bertz CT molecular complexity index is 449. The molecule has 0 spiro atoms. The summed E-state index contributed by atoms with van der Waals surface area (Å²) in [5.74, 6) is 0.476. The minimum atomic E-state index is -0.266. The van der Waals surface area contributed by atoms with Crippen molar-refractivity contribution in [2.45, 2.75) is 32.7 Å². The Hall–Kier alpha value is -1.36. The van der Waals surface area contributed by atoms with Crippen LogP contribution in [-0.2, 0) is 4.79 Å². The molecule has 1 aliphatic heterocycles. The first-order valence-corrected chi connectivity index (χ1v) is 6.00. The van der Waals surface area contributed by atoms with Crippen LogP contribution < -0.4 is 10.6 Å². The van der Waals surface area contributed by atoms with Crippen LogP contribution in [0, 0.1) is 13.8 Å². The van der Waals surface area contributed by atoms with Crippen LogP contribution in [0.2, 0.25) is 5.15 Å². The molecule has 1 aromatic heterocycles. The first-order chi connectivity index (χ1) is 8.08. The number of piperidine rings is 1. The van der Waals surface area contributed by atoms with Crippen molar-refractivity contribution in [3.63, 3.8) is 0 Å². The normalized spacial score (nSPS) is 19.9. The highest BCUT2D eigenvalue weighted by molar-refractivity contribution is 6.31. The van der Waals surface area contributed by atoms with E-state index in [1.165, 1.54) is 0 Å². The first-order valence-electron chi connectivity index (χ1n) is 5.63. The van der Waals surface area contributed by atoms with Crippen LogP contribution in [0.25, 0.3) is 0 Å². The fourth-order valence-electron chi connectivity index (χ4n) is 1.74. The van der Waals surface area contributed by atoms with Gasteiger partial charge in [-0.3, -0.25) is 4.79 Å². The van der Waals surface area contributed by atoms with Crippen molar-refractivity contribution in [3.05, 3.63) is 16.5 Å². The molecule has 1 amide bonds. The summed E-state index contributed by atoms with van der Waals surface area (Å²) in [5, 5.41) is 6.17. The van der Waals surface area contributed by atoms with Crippen molar-refractivity contribution in [2.24, 2.45) is 0 Å². The van der Waals surface area contributed by atoms with Crippen molar-refractivity contribution >= 4 is 23.3 Å². The largest absolute Gasteiger partial charge is 0.356 e. The molecule has 0 saturated carbocycles. The fourth-order valence-corrected chi connectivity index (χ4v) is 1.97. The van der Waals surface area contributed by atoms with Gasteiger partial charge in [0.25, 0.3) is 0 Å². The summed E-state index contributed by atoms with van der Waals surface area (Å²) in [6.45, 7) is 4.46. The molecule has 0 radical (unpaired) electrons. The molecule has 2 rings (SSSR count). The van der Waals surface area contributed by atoms with Gasteiger partial charge in [0.2, 0.25) is 5.91 Å². The SMILES string of the molecule is Cc1nc(Cl)c(NC2CCCNC2=O)nc1C. The molecule has 5 nitrogen and oxygen atoms in total. The Kier molecular flexibility index (Phi) is 3.47. The molecule has 2 heterocycles. The molecule has 6 heteroatoms. The molecule has 2 N–H and O–H groups in total. The number of aromatic nitrogens is 2. The van der Waals surface area contributed by atoms with E-state index in [0.717, 1.165) is 30.8 Å². The Balaban J connectivity index is 2.17. The average Bonchev–Trinajstić information content (AvgIpc) is 2.29. The lowest BCUT2D eigenvalue weighted by Gasteiger charge is -2.23. The minimum Gasteiger partial charge on any atom is -0.356 e. The van der Waals surface area contributed by atoms with Gasteiger partial charge in [-0.25, -0.2) is 9.97 Å². The number of anilines is 1. The Morgan fingerprint density at radius 3 is 2.76 bits per heavy atom. The predicted octanol–water partition coefficient (Wildman–Crippen LogP) is 1.44. The van der Waals surface area contributed by atoms with Crippen LogP contribution in [0.3, 0.4) is 0 Å². The lowest BCUT2D eigenvalue weighted by Crippen LogP contribution is -2.44. The Labute approximate surface area is 105 Å². The van der Waals surface area contributed by atoms with Crippen molar-refractivity contribution in [1.29, 1.82) is 0 Å². The van der Waals surface area contributed by atoms with Gasteiger partial charge in [0, 0.05) is 6.54 Å². The monoisotopic (exact) mass is 254 g/mol. The highest BCUT2D eigenvalue weighted by atomic mass is 35.5. The van der Waals surface area contributed by atoms with Gasteiger partial charge in [-0.05, 0) is 26.7 Å². The molecule has 1 unspecified atom stereocenters. The van der Waals surface area contributed by atoms with Gasteiger partial charge in [0.05, 0.1) is 11.4 Å². The fraction of sp³-hybridized carbons (Fsp3) is 0.545. The van der Waals surface area contributed by atoms with E-state index in [1.54, 1.807) is 0 Å². The van der Waals surface area contributed by atoms with E-state index in [4.69, 9.17) is 11.6 Å². The maximum absolute atomic E-state index is 11.6. The maximum Gasteiger partial charge on any atom is 0.242 e. The number of carbonyl (C=O) groups is 1. The van der Waals surface area contributed by atoms with E-state index in [2.05, 4.69) is 20.6 Å². The minimum absolute atomic E-state index is 0.00709. The number of rotatable bonds is 2. The van der Waals surface area contributed by atoms with Gasteiger partial charge in [0.1, 0.15) is 6.04 Å². The van der Waals surface area contributed by atoms with Crippen LogP contribution >= 0.6 is 11.6 Å². The summed E-state index contributed by atoms with van der Waals surface area (Å²) in [5.41, 5.74) is 1.61. The highest BCUT2D eigenvalue weighted by Gasteiger charge is 2.23. The second kappa shape index (κ2) is 4.87. The number of halogens is 1. The van der Waals surface area contributed by atoms with Gasteiger partial charge < -0.3 is 10.6 Å². The number of hydrogen-bond donors (Lipinski definition) is 2. The third-order valence-corrected chi connectivity index (χ3v) is 3.12. The summed E-state index contributed by atoms with van der Waals surface area (Å²) < 4.78 is 0. The van der Waals surface area contributed by atoms with Crippen LogP contribution in [0.15, 0.2) is 0 Å². The predicted molar refractivity (Wildman–Crippen MR) is 66.2 cm³/mol. The summed E-state index contributed by atoms with van der Waals surface area (Å²) in [6.07, 6.45) is 1.75. The van der Waals surface area contributed by atoms with Gasteiger partial charge in [0.15, 0.2) is 11.0 Å². The van der Waals surface area contributed by atoms with Gasteiger partial charge in [-0.15, -0.1) is 0 Å². The maximum atomic E-state index is 11.6. The van der Waals surface area contributed by atoms with Gasteiger partial charge in [-0.1, -0.05) is 11.6 Å². The third-order valence-electron chi connectivity index (χ3n) is 2.86. The Morgan fingerprint density at radius 1 is 1.35 bits per heavy atom. The molecule has 1 fully saturated rings. The van der Waals surface area contributed by atoms with Crippen LogP contribution in [0.1, 0.15) is 24.2 Å². The zero-order chi connectivity index (χ0) is 12.4. The average molecular weight is 255 g/mol. The lowest BCUT2D eigenvalue weighted by molar-refractivity contribution is -0.123. The molecule has 17 heavy (non-hydrogen) atoms. The van der Waals surface area contributed by atoms with Crippen molar-refractivity contribution in [3.8, 4) is 0 Å². The summed E-state index contributed by atoms with van der Waals surface area (Å²) in [7, 11) is 0. The molecule has 1 saturated heterocycles. The standard InChI is InChI=1S/C11H15ClN4O/c1-6-7(2)15-10(9(12)14-6)16-8-4-3-5-13-11(8)17/h8H,3-5H2,1-2H3,(H,13,17)(H,15,16). The van der Waals surface area contributed by atoms with Crippen molar-refractivity contribution in [2.75, 3.05) is 11.9 Å². The van der Waals surface area contributed by atoms with E-state index in [0.29, 0.717) is 11.0 Å². The van der Waals surface area contributed by atoms with Crippen molar-refractivity contribution < 1.29 is 4.79 Å². The zero-order valence-electron chi connectivity index (χ0n) is 9.88. The number of nitrogens with one attached hydrogen (secondary N) is 2. The first kappa shape index (κ1) is 12.1. The molecule has 92 valence electrons. The highest BCUT2D eigenvalue weighted by Crippen LogP contribution is 2.20. The Morgan fingerprint density at radius 2 is 2.06 bits per heavy atom. The molecule has 0 aromatic carbocycles. The number of hydrogen-bond acceptors (Lipinski definition) is 4. The van der Waals surface area contributed by atoms with Crippen LogP contribution in [0.4, 0.5) is 5.82 Å². The molecular weight excluding hydrogens is 240 g/mol. The van der Waals surface area contributed by atoms with Crippen LogP contribution in [0.5, 0.6) is 0 Å². The number of aryl methyl sites for hydroxylation is 2. The van der Waals surface area contributed by atoms with E-state index in [-0.39, 0.29) is 11.9 Å². The quantitative estimate of drug-likeness (QED) is 0.838. The second-order valence-electron chi connectivity index (χ2n) is 4.16. The summed E-state index contributed by atoms with van der Waals surface area (Å²) in [6, 6.07) is -0.266. The van der Waals surface area contributed by atoms with Crippen molar-refractivity contribution in [1.82, 2.24) is 15.3 Å². The third kappa shape index (κ3) is 2.66. The molecule has 0 bridgehead atoms.